The van der Waals surface area contributed by atoms with Gasteiger partial charge in [-0.25, -0.2) is 4.39 Å². The van der Waals surface area contributed by atoms with Gasteiger partial charge in [0, 0.05) is 6.54 Å². The number of aryl methyl sites for hydroxylation is 1. The zero-order valence-electron chi connectivity index (χ0n) is 11.2. The van der Waals surface area contributed by atoms with Crippen molar-refractivity contribution in [2.45, 2.75) is 13.3 Å². The van der Waals surface area contributed by atoms with Gasteiger partial charge >= 0.3 is 0 Å². The maximum Gasteiger partial charge on any atom is 0.255 e. The molecule has 0 radical (unpaired) electrons. The van der Waals surface area contributed by atoms with Crippen LogP contribution in [-0.4, -0.2) is 17.6 Å². The first-order valence-electron chi connectivity index (χ1n) is 6.38. The Labute approximate surface area is 117 Å². The first-order valence-corrected chi connectivity index (χ1v) is 6.38. The Morgan fingerprint density at radius 1 is 1.25 bits per heavy atom. The first-order chi connectivity index (χ1) is 9.56. The molecular formula is C16H16FNO2. The molecule has 2 N–H and O–H groups in total. The van der Waals surface area contributed by atoms with Crippen LogP contribution in [0.5, 0.6) is 5.75 Å². The zero-order chi connectivity index (χ0) is 14.5. The number of nitrogens with one attached hydrogen (secondary N) is 1. The smallest absolute Gasteiger partial charge is 0.255 e. The van der Waals surface area contributed by atoms with Crippen LogP contribution in [0.3, 0.4) is 0 Å². The highest BCUT2D eigenvalue weighted by Gasteiger charge is 2.11. The molecule has 20 heavy (non-hydrogen) atoms. The number of hydrogen-bond acceptors (Lipinski definition) is 2. The number of rotatable bonds is 4. The predicted molar refractivity (Wildman–Crippen MR) is 75.3 cm³/mol. The Morgan fingerprint density at radius 3 is 2.80 bits per heavy atom. The summed E-state index contributed by atoms with van der Waals surface area (Å²) in [5.41, 5.74) is 2.24. The Hall–Kier alpha value is -2.36. The van der Waals surface area contributed by atoms with Gasteiger partial charge in [0.15, 0.2) is 0 Å². The average molecular weight is 273 g/mol. The van der Waals surface area contributed by atoms with Crippen molar-refractivity contribution in [2.75, 3.05) is 6.54 Å². The van der Waals surface area contributed by atoms with Gasteiger partial charge in [-0.2, -0.15) is 0 Å². The van der Waals surface area contributed by atoms with Gasteiger partial charge in [-0.1, -0.05) is 29.8 Å². The molecule has 0 saturated carbocycles. The quantitative estimate of drug-likeness (QED) is 0.900. The van der Waals surface area contributed by atoms with Crippen LogP contribution in [0.25, 0.3) is 0 Å². The number of phenols is 1. The topological polar surface area (TPSA) is 49.3 Å². The van der Waals surface area contributed by atoms with E-state index in [4.69, 9.17) is 0 Å². The van der Waals surface area contributed by atoms with Gasteiger partial charge in [0.25, 0.3) is 5.91 Å². The Kier molecular flexibility index (Phi) is 4.35. The Morgan fingerprint density at radius 2 is 2.05 bits per heavy atom. The van der Waals surface area contributed by atoms with Crippen LogP contribution in [0.4, 0.5) is 4.39 Å². The summed E-state index contributed by atoms with van der Waals surface area (Å²) in [5.74, 6) is -1.25. The molecule has 0 bridgehead atoms. The molecule has 0 heterocycles. The molecule has 0 aromatic heterocycles. The van der Waals surface area contributed by atoms with Gasteiger partial charge in [0.05, 0.1) is 5.56 Å². The van der Waals surface area contributed by atoms with Crippen LogP contribution in [0.1, 0.15) is 21.5 Å². The van der Waals surface area contributed by atoms with E-state index in [1.165, 1.54) is 6.07 Å². The van der Waals surface area contributed by atoms with Gasteiger partial charge in [0.1, 0.15) is 11.6 Å². The van der Waals surface area contributed by atoms with Crippen LogP contribution in [-0.2, 0) is 6.42 Å². The fourth-order valence-corrected chi connectivity index (χ4v) is 1.97. The number of aromatic hydroxyl groups is 1. The number of carbonyl (C=O) groups excluding carboxylic acids is 1. The lowest BCUT2D eigenvalue weighted by molar-refractivity contribution is 0.0951. The van der Waals surface area contributed by atoms with Gasteiger partial charge in [-0.3, -0.25) is 4.79 Å². The van der Waals surface area contributed by atoms with E-state index in [1.54, 1.807) is 0 Å². The third-order valence-corrected chi connectivity index (χ3v) is 2.98. The molecule has 0 saturated heterocycles. The minimum atomic E-state index is -0.549. The van der Waals surface area contributed by atoms with Crippen LogP contribution in [0.2, 0.25) is 0 Å². The minimum Gasteiger partial charge on any atom is -0.507 e. The highest BCUT2D eigenvalue weighted by atomic mass is 19.1. The van der Waals surface area contributed by atoms with Crippen LogP contribution in [0, 0.1) is 12.7 Å². The standard InChI is InChI=1S/C16H16FNO2/c1-11-3-2-4-12(9-11)7-8-18-16(20)14-10-13(17)5-6-15(14)19/h2-6,9-10,19H,7-8H2,1H3,(H,18,20). The van der Waals surface area contributed by atoms with Crippen molar-refractivity contribution in [1.29, 1.82) is 0 Å². The number of carbonyl (C=O) groups is 1. The second kappa shape index (κ2) is 6.19. The summed E-state index contributed by atoms with van der Waals surface area (Å²) < 4.78 is 13.0. The van der Waals surface area contributed by atoms with Gasteiger partial charge < -0.3 is 10.4 Å². The molecule has 2 rings (SSSR count). The second-order valence-electron chi connectivity index (χ2n) is 4.66. The summed E-state index contributed by atoms with van der Waals surface area (Å²) in [4.78, 5) is 11.8. The average Bonchev–Trinajstić information content (AvgIpc) is 2.41. The molecule has 0 aliphatic carbocycles. The molecule has 4 heteroatoms. The van der Waals surface area contributed by atoms with E-state index in [2.05, 4.69) is 5.32 Å². The van der Waals surface area contributed by atoms with Gasteiger partial charge in [-0.15, -0.1) is 0 Å². The van der Waals surface area contributed by atoms with E-state index in [0.717, 1.165) is 23.3 Å². The Bertz CT molecular complexity index is 626. The van der Waals surface area contributed by atoms with Crippen molar-refractivity contribution in [3.63, 3.8) is 0 Å². The summed E-state index contributed by atoms with van der Waals surface area (Å²) in [5, 5.41) is 12.2. The monoisotopic (exact) mass is 273 g/mol. The fourth-order valence-electron chi connectivity index (χ4n) is 1.97. The molecule has 3 nitrogen and oxygen atoms in total. The normalized spacial score (nSPS) is 10.3. The van der Waals surface area contributed by atoms with E-state index in [0.29, 0.717) is 13.0 Å². The second-order valence-corrected chi connectivity index (χ2v) is 4.66. The number of benzene rings is 2. The lowest BCUT2D eigenvalue weighted by Crippen LogP contribution is -2.25. The first kappa shape index (κ1) is 14.1. The van der Waals surface area contributed by atoms with E-state index in [-0.39, 0.29) is 11.3 Å². The van der Waals surface area contributed by atoms with E-state index in [9.17, 15) is 14.3 Å². The number of amides is 1. The summed E-state index contributed by atoms with van der Waals surface area (Å²) in [7, 11) is 0. The molecule has 0 spiro atoms. The molecule has 0 unspecified atom stereocenters. The lowest BCUT2D eigenvalue weighted by atomic mass is 10.1. The third kappa shape index (κ3) is 3.57. The molecular weight excluding hydrogens is 257 g/mol. The SMILES string of the molecule is Cc1cccc(CCNC(=O)c2cc(F)ccc2O)c1. The molecule has 0 fully saturated rings. The molecule has 0 aliphatic heterocycles. The van der Waals surface area contributed by atoms with Crippen LogP contribution in [0.15, 0.2) is 42.5 Å². The van der Waals surface area contributed by atoms with Crippen molar-refractivity contribution in [3.05, 3.63) is 65.0 Å². The van der Waals surface area contributed by atoms with Crippen molar-refractivity contribution < 1.29 is 14.3 Å². The fraction of sp³-hybridized carbons (Fsp3) is 0.188. The third-order valence-electron chi connectivity index (χ3n) is 2.98. The highest BCUT2D eigenvalue weighted by molar-refractivity contribution is 5.96. The van der Waals surface area contributed by atoms with Gasteiger partial charge in [0.2, 0.25) is 0 Å². The lowest BCUT2D eigenvalue weighted by Gasteiger charge is -2.07. The maximum atomic E-state index is 13.0. The van der Waals surface area contributed by atoms with E-state index in [1.807, 2.05) is 31.2 Å². The molecule has 2 aromatic rings. The summed E-state index contributed by atoms with van der Waals surface area (Å²) in [6, 6.07) is 11.3. The summed E-state index contributed by atoms with van der Waals surface area (Å²) in [6.07, 6.45) is 0.684. The molecule has 1 amide bonds. The maximum absolute atomic E-state index is 13.0. The molecule has 2 aromatic carbocycles. The van der Waals surface area contributed by atoms with E-state index >= 15 is 0 Å². The molecule has 104 valence electrons. The highest BCUT2D eigenvalue weighted by Crippen LogP contribution is 2.17. The van der Waals surface area contributed by atoms with Crippen LogP contribution >= 0.6 is 0 Å². The number of hydrogen-bond donors (Lipinski definition) is 2. The van der Waals surface area contributed by atoms with Crippen molar-refractivity contribution >= 4 is 5.91 Å². The van der Waals surface area contributed by atoms with Crippen molar-refractivity contribution in [2.24, 2.45) is 0 Å². The summed E-state index contributed by atoms with van der Waals surface area (Å²) >= 11 is 0. The van der Waals surface area contributed by atoms with Gasteiger partial charge in [-0.05, 0) is 37.1 Å². The van der Waals surface area contributed by atoms with Crippen LogP contribution < -0.4 is 5.32 Å². The number of phenolic OH excluding ortho intramolecular Hbond substituents is 1. The number of halogens is 1. The van der Waals surface area contributed by atoms with E-state index < -0.39 is 11.7 Å². The van der Waals surface area contributed by atoms with Crippen molar-refractivity contribution in [1.82, 2.24) is 5.32 Å². The summed E-state index contributed by atoms with van der Waals surface area (Å²) in [6.45, 7) is 2.44. The zero-order valence-corrected chi connectivity index (χ0v) is 11.2. The molecule has 0 atom stereocenters. The largest absolute Gasteiger partial charge is 0.507 e. The predicted octanol–water partition coefficient (Wildman–Crippen LogP) is 2.81. The Balaban J connectivity index is 1.94. The molecule has 0 aliphatic rings. The van der Waals surface area contributed by atoms with Crippen molar-refractivity contribution in [3.8, 4) is 5.75 Å². The minimum absolute atomic E-state index is 0.0470.